The highest BCUT2D eigenvalue weighted by molar-refractivity contribution is 5.22. The molecule has 0 aliphatic rings. The van der Waals surface area contributed by atoms with Crippen LogP contribution in [-0.2, 0) is 6.54 Å². The highest BCUT2D eigenvalue weighted by atomic mass is 19.1. The first kappa shape index (κ1) is 13.7. The molecule has 1 aromatic carbocycles. The Hall–Kier alpha value is -1.72. The van der Waals surface area contributed by atoms with Crippen molar-refractivity contribution in [1.29, 1.82) is 0 Å². The molecule has 2 aromatic rings. The molecule has 1 unspecified atom stereocenters. The minimum Gasteiger partial charge on any atom is -0.468 e. The first-order valence-electron chi connectivity index (χ1n) is 5.99. The van der Waals surface area contributed by atoms with Crippen LogP contribution in [0.4, 0.5) is 8.78 Å². The fourth-order valence-corrected chi connectivity index (χ4v) is 2.07. The minimum absolute atomic E-state index is 0.236. The van der Waals surface area contributed by atoms with Crippen LogP contribution in [0.1, 0.15) is 17.4 Å². The number of likely N-dealkylation sites (N-methyl/N-ethyl adjacent to an activating group) is 1. The summed E-state index contributed by atoms with van der Waals surface area (Å²) in [6, 6.07) is 6.84. The van der Waals surface area contributed by atoms with Crippen molar-refractivity contribution in [2.24, 2.45) is 5.73 Å². The zero-order valence-electron chi connectivity index (χ0n) is 10.6. The molecular weight excluding hydrogens is 250 g/mol. The molecule has 0 aliphatic carbocycles. The molecule has 0 radical (unpaired) electrons. The topological polar surface area (TPSA) is 42.4 Å². The van der Waals surface area contributed by atoms with Gasteiger partial charge in [0.1, 0.15) is 17.4 Å². The van der Waals surface area contributed by atoms with Gasteiger partial charge in [-0.1, -0.05) is 6.07 Å². The Morgan fingerprint density at radius 1 is 1.32 bits per heavy atom. The van der Waals surface area contributed by atoms with E-state index in [1.807, 2.05) is 18.0 Å². The molecule has 0 spiro atoms. The summed E-state index contributed by atoms with van der Waals surface area (Å²) in [6.45, 7) is 0.742. The third kappa shape index (κ3) is 3.19. The van der Waals surface area contributed by atoms with Crippen molar-refractivity contribution in [3.05, 3.63) is 59.6 Å². The van der Waals surface area contributed by atoms with E-state index in [1.54, 1.807) is 12.3 Å². The lowest BCUT2D eigenvalue weighted by molar-refractivity contribution is 0.218. The number of benzene rings is 1. The quantitative estimate of drug-likeness (QED) is 0.904. The third-order valence-corrected chi connectivity index (χ3v) is 3.06. The fraction of sp³-hybridized carbons (Fsp3) is 0.286. The number of hydrogen-bond donors (Lipinski definition) is 1. The molecule has 3 nitrogen and oxygen atoms in total. The second-order valence-electron chi connectivity index (χ2n) is 4.41. The minimum atomic E-state index is -0.592. The molecule has 102 valence electrons. The van der Waals surface area contributed by atoms with Gasteiger partial charge in [-0.25, -0.2) is 8.78 Å². The molecular formula is C14H16F2N2O. The monoisotopic (exact) mass is 266 g/mol. The van der Waals surface area contributed by atoms with Crippen LogP contribution in [0.15, 0.2) is 41.0 Å². The van der Waals surface area contributed by atoms with Crippen LogP contribution in [0.2, 0.25) is 0 Å². The molecule has 1 aromatic heterocycles. The average molecular weight is 266 g/mol. The lowest BCUT2D eigenvalue weighted by Crippen LogP contribution is -2.30. The van der Waals surface area contributed by atoms with Gasteiger partial charge in [-0.05, 0) is 25.2 Å². The number of halogens is 2. The maximum absolute atomic E-state index is 13.8. The average Bonchev–Trinajstić information content (AvgIpc) is 2.85. The normalized spacial score (nSPS) is 12.9. The SMILES string of the molecule is CN(Cc1ccco1)C(CN)c1ccc(F)cc1F. The lowest BCUT2D eigenvalue weighted by atomic mass is 10.0. The standard InChI is InChI=1S/C14H16F2N2O/c1-18(9-11-3-2-6-19-11)14(8-17)12-5-4-10(15)7-13(12)16/h2-7,14H,8-9,17H2,1H3. The first-order chi connectivity index (χ1) is 9.11. The fourth-order valence-electron chi connectivity index (χ4n) is 2.07. The van der Waals surface area contributed by atoms with E-state index in [2.05, 4.69) is 0 Å². The van der Waals surface area contributed by atoms with Crippen molar-refractivity contribution in [3.63, 3.8) is 0 Å². The van der Waals surface area contributed by atoms with Crippen LogP contribution in [-0.4, -0.2) is 18.5 Å². The zero-order chi connectivity index (χ0) is 13.8. The van der Waals surface area contributed by atoms with Crippen LogP contribution in [0.5, 0.6) is 0 Å². The summed E-state index contributed by atoms with van der Waals surface area (Å²) in [5.74, 6) is -0.407. The largest absolute Gasteiger partial charge is 0.468 e. The van der Waals surface area contributed by atoms with Crippen molar-refractivity contribution in [3.8, 4) is 0 Å². The van der Waals surface area contributed by atoms with Gasteiger partial charge in [-0.15, -0.1) is 0 Å². The highest BCUT2D eigenvalue weighted by Crippen LogP contribution is 2.23. The summed E-state index contributed by atoms with van der Waals surface area (Å²) < 4.78 is 32.0. The van der Waals surface area contributed by atoms with E-state index >= 15 is 0 Å². The van der Waals surface area contributed by atoms with Crippen molar-refractivity contribution in [2.75, 3.05) is 13.6 Å². The van der Waals surface area contributed by atoms with Crippen molar-refractivity contribution in [1.82, 2.24) is 4.90 Å². The van der Waals surface area contributed by atoms with E-state index in [0.717, 1.165) is 11.8 Å². The Morgan fingerprint density at radius 3 is 2.68 bits per heavy atom. The van der Waals surface area contributed by atoms with Gasteiger partial charge in [-0.2, -0.15) is 0 Å². The second-order valence-corrected chi connectivity index (χ2v) is 4.41. The Morgan fingerprint density at radius 2 is 2.11 bits per heavy atom. The first-order valence-corrected chi connectivity index (χ1v) is 5.99. The van der Waals surface area contributed by atoms with Gasteiger partial charge in [0, 0.05) is 18.2 Å². The molecule has 19 heavy (non-hydrogen) atoms. The molecule has 2 N–H and O–H groups in total. The smallest absolute Gasteiger partial charge is 0.130 e. The van der Waals surface area contributed by atoms with E-state index < -0.39 is 11.6 Å². The van der Waals surface area contributed by atoms with E-state index in [4.69, 9.17) is 10.2 Å². The summed E-state index contributed by atoms with van der Waals surface area (Å²) in [6.07, 6.45) is 1.58. The van der Waals surface area contributed by atoms with Crippen LogP contribution in [0.3, 0.4) is 0 Å². The molecule has 0 amide bonds. The van der Waals surface area contributed by atoms with Gasteiger partial charge in [0.25, 0.3) is 0 Å². The predicted molar refractivity (Wildman–Crippen MR) is 68.3 cm³/mol. The molecule has 2 rings (SSSR count). The lowest BCUT2D eigenvalue weighted by Gasteiger charge is -2.26. The highest BCUT2D eigenvalue weighted by Gasteiger charge is 2.20. The Kier molecular flexibility index (Phi) is 4.29. The number of rotatable bonds is 5. The van der Waals surface area contributed by atoms with Gasteiger partial charge in [-0.3, -0.25) is 4.90 Å². The van der Waals surface area contributed by atoms with Crippen molar-refractivity contribution >= 4 is 0 Å². The predicted octanol–water partition coefficient (Wildman–Crippen LogP) is 2.69. The number of furan rings is 1. The number of nitrogens with zero attached hydrogens (tertiary/aromatic N) is 1. The molecule has 1 heterocycles. The summed E-state index contributed by atoms with van der Waals surface area (Å²) in [4.78, 5) is 1.87. The molecule has 0 saturated heterocycles. The maximum Gasteiger partial charge on any atom is 0.130 e. The molecule has 0 bridgehead atoms. The van der Waals surface area contributed by atoms with Crippen LogP contribution < -0.4 is 5.73 Å². The van der Waals surface area contributed by atoms with Gasteiger partial charge >= 0.3 is 0 Å². The molecule has 1 atom stereocenters. The van der Waals surface area contributed by atoms with Gasteiger partial charge in [0.2, 0.25) is 0 Å². The summed E-state index contributed by atoms with van der Waals surface area (Å²) in [7, 11) is 1.82. The number of nitrogens with two attached hydrogens (primary N) is 1. The van der Waals surface area contributed by atoms with Gasteiger partial charge in [0.15, 0.2) is 0 Å². The van der Waals surface area contributed by atoms with Crippen LogP contribution in [0.25, 0.3) is 0 Å². The van der Waals surface area contributed by atoms with Gasteiger partial charge < -0.3 is 10.2 Å². The summed E-state index contributed by atoms with van der Waals surface area (Å²) in [5.41, 5.74) is 6.10. The van der Waals surface area contributed by atoms with Crippen LogP contribution >= 0.6 is 0 Å². The van der Waals surface area contributed by atoms with E-state index in [0.29, 0.717) is 12.1 Å². The molecule has 5 heteroatoms. The molecule has 0 fully saturated rings. The van der Waals surface area contributed by atoms with E-state index in [9.17, 15) is 8.78 Å². The molecule has 0 saturated carbocycles. The van der Waals surface area contributed by atoms with E-state index in [1.165, 1.54) is 12.1 Å². The van der Waals surface area contributed by atoms with Gasteiger partial charge in [0.05, 0.1) is 18.8 Å². The maximum atomic E-state index is 13.8. The van der Waals surface area contributed by atoms with Crippen molar-refractivity contribution in [2.45, 2.75) is 12.6 Å². The van der Waals surface area contributed by atoms with E-state index in [-0.39, 0.29) is 12.6 Å². The summed E-state index contributed by atoms with van der Waals surface area (Å²) >= 11 is 0. The van der Waals surface area contributed by atoms with Crippen LogP contribution in [0, 0.1) is 11.6 Å². The Labute approximate surface area is 110 Å². The number of hydrogen-bond acceptors (Lipinski definition) is 3. The second kappa shape index (κ2) is 5.95. The summed E-state index contributed by atoms with van der Waals surface area (Å²) in [5, 5.41) is 0. The molecule has 0 aliphatic heterocycles. The third-order valence-electron chi connectivity index (χ3n) is 3.06. The van der Waals surface area contributed by atoms with Crippen molar-refractivity contribution < 1.29 is 13.2 Å². The Balaban J connectivity index is 2.18. The Bertz CT molecular complexity index is 528. The zero-order valence-corrected chi connectivity index (χ0v) is 10.6.